The van der Waals surface area contributed by atoms with Gasteiger partial charge in [0.2, 0.25) is 5.91 Å². The maximum Gasteiger partial charge on any atom is 0.410 e. The Balaban J connectivity index is 1.44. The van der Waals surface area contributed by atoms with Gasteiger partial charge in [-0.3, -0.25) is 4.79 Å². The Morgan fingerprint density at radius 1 is 1.19 bits per heavy atom. The molecule has 5 rings (SSSR count). The van der Waals surface area contributed by atoms with Gasteiger partial charge in [-0.05, 0) is 69.7 Å². The summed E-state index contributed by atoms with van der Waals surface area (Å²) in [5, 5.41) is 0.463. The van der Waals surface area contributed by atoms with Crippen LogP contribution in [0.25, 0.3) is 0 Å². The van der Waals surface area contributed by atoms with Crippen LogP contribution >= 0.6 is 11.6 Å². The number of halogens is 4. The van der Waals surface area contributed by atoms with E-state index in [9.17, 15) is 22.8 Å². The predicted octanol–water partition coefficient (Wildman–Crippen LogP) is 6.01. The molecule has 1 aromatic carbocycles. The third-order valence-electron chi connectivity index (χ3n) is 7.59. The van der Waals surface area contributed by atoms with Gasteiger partial charge in [0, 0.05) is 48.0 Å². The van der Waals surface area contributed by atoms with E-state index in [1.54, 1.807) is 30.9 Å². The number of alkyl halides is 3. The van der Waals surface area contributed by atoms with Crippen LogP contribution in [-0.4, -0.2) is 46.8 Å². The number of hydrogen-bond acceptors (Lipinski definition) is 3. The smallest absolute Gasteiger partial charge is 0.410 e. The third kappa shape index (κ3) is 4.71. The number of hydrogen-bond donors (Lipinski definition) is 0. The van der Waals surface area contributed by atoms with Crippen molar-refractivity contribution in [3.05, 3.63) is 51.8 Å². The highest BCUT2D eigenvalue weighted by atomic mass is 35.5. The minimum Gasteiger partial charge on any atom is -0.447 e. The summed E-state index contributed by atoms with van der Waals surface area (Å²) in [6.45, 7) is 4.39. The van der Waals surface area contributed by atoms with Crippen LogP contribution in [0.4, 0.5) is 23.7 Å². The minimum atomic E-state index is -4.20. The van der Waals surface area contributed by atoms with Gasteiger partial charge in [-0.1, -0.05) is 17.7 Å². The molecule has 1 saturated heterocycles. The lowest BCUT2D eigenvalue weighted by atomic mass is 9.75. The molecule has 1 fully saturated rings. The van der Waals surface area contributed by atoms with Crippen LogP contribution in [0.1, 0.15) is 62.0 Å². The maximum absolute atomic E-state index is 13.9. The summed E-state index contributed by atoms with van der Waals surface area (Å²) in [4.78, 5) is 29.6. The van der Waals surface area contributed by atoms with Gasteiger partial charge in [-0.25, -0.2) is 4.79 Å². The molecule has 10 heteroatoms. The quantitative estimate of drug-likeness (QED) is 0.453. The first-order valence-corrected chi connectivity index (χ1v) is 13.2. The Morgan fingerprint density at radius 2 is 1.92 bits per heavy atom. The van der Waals surface area contributed by atoms with Crippen LogP contribution in [-0.2, 0) is 40.9 Å². The molecule has 0 bridgehead atoms. The van der Waals surface area contributed by atoms with Crippen molar-refractivity contribution in [2.24, 2.45) is 0 Å². The average Bonchev–Trinajstić information content (AvgIpc) is 3.25. The zero-order valence-corrected chi connectivity index (χ0v) is 21.8. The number of carbonyl (C=O) groups is 2. The Kier molecular flexibility index (Phi) is 6.71. The van der Waals surface area contributed by atoms with Crippen LogP contribution in [0.2, 0.25) is 5.02 Å². The fraction of sp³-hybridized carbons (Fsp3) is 0.556. The van der Waals surface area contributed by atoms with Gasteiger partial charge in [0.15, 0.2) is 0 Å². The Labute approximate surface area is 219 Å². The van der Waals surface area contributed by atoms with Gasteiger partial charge in [0.1, 0.15) is 5.41 Å². The molecule has 0 radical (unpaired) electrons. The number of ether oxygens (including phenoxy) is 1. The molecule has 1 aromatic heterocycles. The third-order valence-corrected chi connectivity index (χ3v) is 7.90. The van der Waals surface area contributed by atoms with Crippen molar-refractivity contribution in [2.45, 2.75) is 83.2 Å². The lowest BCUT2D eigenvalue weighted by molar-refractivity contribution is -0.136. The number of aromatic nitrogens is 1. The second-order valence-corrected chi connectivity index (χ2v) is 11.0. The lowest BCUT2D eigenvalue weighted by Gasteiger charge is -2.46. The second-order valence-electron chi connectivity index (χ2n) is 10.6. The van der Waals surface area contributed by atoms with E-state index in [0.717, 1.165) is 42.6 Å². The molecule has 0 saturated carbocycles. The number of benzene rings is 1. The monoisotopic (exact) mass is 537 g/mol. The largest absolute Gasteiger partial charge is 0.447 e. The van der Waals surface area contributed by atoms with E-state index in [0.29, 0.717) is 16.3 Å². The number of rotatable bonds is 6. The molecule has 3 aliphatic rings. The van der Waals surface area contributed by atoms with Crippen molar-refractivity contribution >= 4 is 29.3 Å². The van der Waals surface area contributed by atoms with Crippen molar-refractivity contribution in [3.63, 3.8) is 0 Å². The van der Waals surface area contributed by atoms with E-state index in [1.807, 2.05) is 10.6 Å². The Morgan fingerprint density at radius 3 is 2.62 bits per heavy atom. The molecule has 0 N–H and O–H groups in total. The van der Waals surface area contributed by atoms with E-state index in [1.165, 1.54) is 4.90 Å². The summed E-state index contributed by atoms with van der Waals surface area (Å²) in [5.41, 5.74) is 3.53. The molecule has 3 heterocycles. The van der Waals surface area contributed by atoms with Gasteiger partial charge < -0.3 is 19.1 Å². The molecule has 2 amide bonds. The number of fused-ring (bicyclic) bond motifs is 3. The van der Waals surface area contributed by atoms with Gasteiger partial charge in [-0.2, -0.15) is 13.2 Å². The zero-order chi connectivity index (χ0) is 26.5. The van der Waals surface area contributed by atoms with Crippen molar-refractivity contribution in [1.29, 1.82) is 0 Å². The van der Waals surface area contributed by atoms with Crippen molar-refractivity contribution in [1.82, 2.24) is 9.47 Å². The van der Waals surface area contributed by atoms with Crippen LogP contribution in [0.5, 0.6) is 0 Å². The highest BCUT2D eigenvalue weighted by Crippen LogP contribution is 2.51. The minimum absolute atomic E-state index is 0.00909. The van der Waals surface area contributed by atoms with Crippen molar-refractivity contribution < 1.29 is 27.5 Å². The van der Waals surface area contributed by atoms with Crippen LogP contribution in [0.15, 0.2) is 24.3 Å². The molecule has 200 valence electrons. The summed E-state index contributed by atoms with van der Waals surface area (Å²) in [6.07, 6.45) is -2.02. The average molecular weight is 538 g/mol. The highest BCUT2D eigenvalue weighted by molar-refractivity contribution is 6.33. The fourth-order valence-corrected chi connectivity index (χ4v) is 6.34. The van der Waals surface area contributed by atoms with Crippen molar-refractivity contribution in [2.75, 3.05) is 18.0 Å². The molecule has 2 aliphatic heterocycles. The Bertz CT molecular complexity index is 1220. The number of carbonyl (C=O) groups excluding carboxylic acids is 2. The van der Waals surface area contributed by atoms with E-state index < -0.39 is 24.1 Å². The van der Waals surface area contributed by atoms with Gasteiger partial charge in [-0.15, -0.1) is 0 Å². The fourth-order valence-electron chi connectivity index (χ4n) is 5.99. The highest BCUT2D eigenvalue weighted by Gasteiger charge is 2.60. The van der Waals surface area contributed by atoms with E-state index in [4.69, 9.17) is 16.3 Å². The molecular weight excluding hydrogens is 507 g/mol. The first-order chi connectivity index (χ1) is 17.5. The van der Waals surface area contributed by atoms with E-state index in [2.05, 4.69) is 6.07 Å². The van der Waals surface area contributed by atoms with Crippen LogP contribution in [0.3, 0.4) is 0 Å². The summed E-state index contributed by atoms with van der Waals surface area (Å²) in [7, 11) is 0. The number of nitrogens with zero attached hydrogens (tertiary/aromatic N) is 3. The first kappa shape index (κ1) is 25.9. The molecule has 1 aliphatic carbocycles. The molecular formula is C27H31ClF3N3O3. The van der Waals surface area contributed by atoms with E-state index in [-0.39, 0.29) is 44.6 Å². The number of aryl methyl sites for hydroxylation is 1. The first-order valence-electron chi connectivity index (χ1n) is 12.8. The molecule has 0 atom stereocenters. The summed E-state index contributed by atoms with van der Waals surface area (Å²) in [5.74, 6) is -0.148. The standard InChI is InChI=1S/C27H31ClF3N3O3/c1-17(2)37-25(36)32-15-26(16-32)23-20(28)8-5-10-22(23)34(24(26)35)14-19-13-18-7-3-4-9-21(18)33(19)12-6-11-27(29,30)31/h5,8,10,13,17H,3-4,6-7,9,11-12,14-16H2,1-2H3. The number of likely N-dealkylation sites (tertiary alicyclic amines) is 1. The van der Waals surface area contributed by atoms with Crippen molar-refractivity contribution in [3.8, 4) is 0 Å². The van der Waals surface area contributed by atoms with E-state index >= 15 is 0 Å². The van der Waals surface area contributed by atoms with Crippen LogP contribution < -0.4 is 4.90 Å². The van der Waals surface area contributed by atoms with Crippen LogP contribution in [0, 0.1) is 0 Å². The maximum atomic E-state index is 13.9. The van der Waals surface area contributed by atoms with Gasteiger partial charge >= 0.3 is 12.3 Å². The molecule has 1 spiro atoms. The lowest BCUT2D eigenvalue weighted by Crippen LogP contribution is -2.65. The summed E-state index contributed by atoms with van der Waals surface area (Å²) in [6, 6.07) is 7.43. The summed E-state index contributed by atoms with van der Waals surface area (Å²) < 4.78 is 45.9. The normalized spacial score (nSPS) is 18.3. The molecule has 6 nitrogen and oxygen atoms in total. The zero-order valence-electron chi connectivity index (χ0n) is 21.0. The second kappa shape index (κ2) is 9.57. The molecule has 0 unspecified atom stereocenters. The topological polar surface area (TPSA) is 54.8 Å². The number of anilines is 1. The molecule has 37 heavy (non-hydrogen) atoms. The SMILES string of the molecule is CC(C)OC(=O)N1CC2(C1)C(=O)N(Cc1cc3c(n1CCCC(F)(F)F)CCCC3)c1cccc(Cl)c12. The Hall–Kier alpha value is -2.68. The van der Waals surface area contributed by atoms with Gasteiger partial charge in [0.05, 0.1) is 18.3 Å². The number of amides is 2. The summed E-state index contributed by atoms with van der Waals surface area (Å²) >= 11 is 6.61. The van der Waals surface area contributed by atoms with Gasteiger partial charge in [0.25, 0.3) is 0 Å². The predicted molar refractivity (Wildman–Crippen MR) is 134 cm³/mol. The molecule has 2 aromatic rings.